The number of aromatic nitrogens is 2. The predicted molar refractivity (Wildman–Crippen MR) is 25.3 cm³/mol. The SMILES string of the molecule is OOc1ncccn1. The zero-order valence-corrected chi connectivity index (χ0v) is 3.98. The number of nitrogens with zero attached hydrogens (tertiary/aromatic N) is 2. The Kier molecular flexibility index (Phi) is 1.39. The molecule has 0 saturated heterocycles. The van der Waals surface area contributed by atoms with Crippen molar-refractivity contribution in [2.45, 2.75) is 0 Å². The molecule has 0 aliphatic heterocycles. The van der Waals surface area contributed by atoms with Crippen molar-refractivity contribution in [2.75, 3.05) is 0 Å². The molecular formula is C4H4N2O2. The average Bonchev–Trinajstić information content (AvgIpc) is 1.90. The van der Waals surface area contributed by atoms with Crippen molar-refractivity contribution in [3.05, 3.63) is 18.5 Å². The van der Waals surface area contributed by atoms with Crippen LogP contribution in [0.3, 0.4) is 0 Å². The van der Waals surface area contributed by atoms with Gasteiger partial charge in [-0.05, 0) is 6.07 Å². The van der Waals surface area contributed by atoms with Crippen LogP contribution >= 0.6 is 0 Å². The summed E-state index contributed by atoms with van der Waals surface area (Å²) in [5.41, 5.74) is 0. The van der Waals surface area contributed by atoms with Gasteiger partial charge >= 0.3 is 6.01 Å². The van der Waals surface area contributed by atoms with E-state index < -0.39 is 0 Å². The molecule has 0 spiro atoms. The molecule has 0 aliphatic carbocycles. The minimum absolute atomic E-state index is 0.0347. The Hall–Kier alpha value is -1.16. The maximum absolute atomic E-state index is 7.91. The minimum Gasteiger partial charge on any atom is -0.298 e. The lowest BCUT2D eigenvalue weighted by atomic mass is 10.7. The Morgan fingerprint density at radius 1 is 1.38 bits per heavy atom. The highest BCUT2D eigenvalue weighted by atomic mass is 17.1. The van der Waals surface area contributed by atoms with Crippen LogP contribution in [0.4, 0.5) is 0 Å². The van der Waals surface area contributed by atoms with Crippen molar-refractivity contribution < 1.29 is 10.1 Å². The Balaban J connectivity index is 2.83. The summed E-state index contributed by atoms with van der Waals surface area (Å²) in [4.78, 5) is 10.7. The summed E-state index contributed by atoms with van der Waals surface area (Å²) in [5, 5.41) is 7.91. The first-order valence-electron chi connectivity index (χ1n) is 2.02. The van der Waals surface area contributed by atoms with Crippen LogP contribution in [0.1, 0.15) is 0 Å². The summed E-state index contributed by atoms with van der Waals surface area (Å²) in [6, 6.07) is 1.59. The van der Waals surface area contributed by atoms with Crippen LogP contribution in [0.25, 0.3) is 0 Å². The number of rotatable bonds is 1. The van der Waals surface area contributed by atoms with Crippen LogP contribution in [-0.2, 0) is 0 Å². The van der Waals surface area contributed by atoms with Gasteiger partial charge in [0.05, 0.1) is 0 Å². The van der Waals surface area contributed by atoms with Gasteiger partial charge in [-0.2, -0.15) is 5.26 Å². The summed E-state index contributed by atoms with van der Waals surface area (Å²) >= 11 is 0. The van der Waals surface area contributed by atoms with Gasteiger partial charge in [-0.15, -0.1) is 0 Å². The van der Waals surface area contributed by atoms with Crippen LogP contribution in [0.2, 0.25) is 0 Å². The maximum atomic E-state index is 7.91. The molecule has 0 amide bonds. The van der Waals surface area contributed by atoms with E-state index in [2.05, 4.69) is 14.9 Å². The Labute approximate surface area is 45.7 Å². The van der Waals surface area contributed by atoms with Gasteiger partial charge in [0.1, 0.15) is 0 Å². The third kappa shape index (κ3) is 0.913. The zero-order valence-electron chi connectivity index (χ0n) is 3.98. The first-order chi connectivity index (χ1) is 3.93. The van der Waals surface area contributed by atoms with E-state index in [1.807, 2.05) is 0 Å². The fourth-order valence-electron chi connectivity index (χ4n) is 0.333. The Morgan fingerprint density at radius 2 is 2.00 bits per heavy atom. The van der Waals surface area contributed by atoms with E-state index in [1.165, 1.54) is 12.4 Å². The fourth-order valence-corrected chi connectivity index (χ4v) is 0.333. The molecule has 0 fully saturated rings. The third-order valence-electron chi connectivity index (χ3n) is 0.624. The second-order valence-electron chi connectivity index (χ2n) is 1.12. The summed E-state index contributed by atoms with van der Waals surface area (Å²) < 4.78 is 0. The molecular weight excluding hydrogens is 108 g/mol. The lowest BCUT2D eigenvalue weighted by Gasteiger charge is -1.87. The molecule has 0 aromatic carbocycles. The van der Waals surface area contributed by atoms with Gasteiger partial charge in [0.15, 0.2) is 0 Å². The highest BCUT2D eigenvalue weighted by Crippen LogP contribution is 1.92. The lowest BCUT2D eigenvalue weighted by molar-refractivity contribution is -0.145. The van der Waals surface area contributed by atoms with E-state index in [0.29, 0.717) is 0 Å². The first kappa shape index (κ1) is 4.99. The van der Waals surface area contributed by atoms with Crippen molar-refractivity contribution in [3.63, 3.8) is 0 Å². The van der Waals surface area contributed by atoms with Crippen LogP contribution in [-0.4, -0.2) is 15.2 Å². The van der Waals surface area contributed by atoms with Crippen LogP contribution < -0.4 is 4.89 Å². The standard InChI is InChI=1S/C4H4N2O2/c7-8-4-5-2-1-3-6-4/h1-3,7H. The molecule has 8 heavy (non-hydrogen) atoms. The van der Waals surface area contributed by atoms with Gasteiger partial charge in [-0.3, -0.25) is 4.89 Å². The molecule has 4 heteroatoms. The summed E-state index contributed by atoms with van der Waals surface area (Å²) in [6.07, 6.45) is 2.94. The molecule has 0 saturated carbocycles. The normalized spacial score (nSPS) is 8.62. The Morgan fingerprint density at radius 3 is 2.38 bits per heavy atom. The lowest BCUT2D eigenvalue weighted by Crippen LogP contribution is -1.88. The van der Waals surface area contributed by atoms with Gasteiger partial charge in [-0.25, -0.2) is 9.97 Å². The van der Waals surface area contributed by atoms with Crippen molar-refractivity contribution >= 4 is 0 Å². The van der Waals surface area contributed by atoms with Crippen molar-refractivity contribution in [2.24, 2.45) is 0 Å². The molecule has 0 unspecified atom stereocenters. The van der Waals surface area contributed by atoms with E-state index in [4.69, 9.17) is 5.26 Å². The first-order valence-corrected chi connectivity index (χ1v) is 2.02. The van der Waals surface area contributed by atoms with Crippen LogP contribution in [0.5, 0.6) is 6.01 Å². The zero-order chi connectivity index (χ0) is 5.82. The van der Waals surface area contributed by atoms with Gasteiger partial charge in [-0.1, -0.05) is 0 Å². The highest BCUT2D eigenvalue weighted by molar-refractivity contribution is 4.91. The molecule has 0 aliphatic rings. The summed E-state index contributed by atoms with van der Waals surface area (Å²) in [6.45, 7) is 0. The molecule has 1 aromatic heterocycles. The van der Waals surface area contributed by atoms with Gasteiger partial charge in [0.25, 0.3) is 0 Å². The van der Waals surface area contributed by atoms with E-state index >= 15 is 0 Å². The molecule has 0 bridgehead atoms. The van der Waals surface area contributed by atoms with Crippen molar-refractivity contribution in [1.82, 2.24) is 9.97 Å². The molecule has 42 valence electrons. The highest BCUT2D eigenvalue weighted by Gasteiger charge is 1.86. The topological polar surface area (TPSA) is 55.2 Å². The molecule has 1 N–H and O–H groups in total. The quantitative estimate of drug-likeness (QED) is 0.420. The second kappa shape index (κ2) is 2.23. The molecule has 0 radical (unpaired) electrons. The van der Waals surface area contributed by atoms with E-state index in [1.54, 1.807) is 6.07 Å². The second-order valence-corrected chi connectivity index (χ2v) is 1.12. The maximum Gasteiger partial charge on any atom is 0.352 e. The summed E-state index contributed by atoms with van der Waals surface area (Å²) in [5.74, 6) is 0. The van der Waals surface area contributed by atoms with Gasteiger partial charge in [0.2, 0.25) is 0 Å². The molecule has 1 aromatic rings. The number of hydrogen-bond acceptors (Lipinski definition) is 4. The third-order valence-corrected chi connectivity index (χ3v) is 0.624. The van der Waals surface area contributed by atoms with Gasteiger partial charge in [0, 0.05) is 12.4 Å². The molecule has 4 nitrogen and oxygen atoms in total. The van der Waals surface area contributed by atoms with Crippen molar-refractivity contribution in [1.29, 1.82) is 0 Å². The average molecular weight is 112 g/mol. The van der Waals surface area contributed by atoms with Gasteiger partial charge < -0.3 is 0 Å². The van der Waals surface area contributed by atoms with Crippen LogP contribution in [0, 0.1) is 0 Å². The monoisotopic (exact) mass is 112 g/mol. The molecule has 0 atom stereocenters. The smallest absolute Gasteiger partial charge is 0.298 e. The minimum atomic E-state index is -0.0347. The molecule has 1 rings (SSSR count). The fraction of sp³-hybridized carbons (Fsp3) is 0. The summed E-state index contributed by atoms with van der Waals surface area (Å²) in [7, 11) is 0. The van der Waals surface area contributed by atoms with E-state index in [0.717, 1.165) is 0 Å². The van der Waals surface area contributed by atoms with Crippen LogP contribution in [0.15, 0.2) is 18.5 Å². The van der Waals surface area contributed by atoms with E-state index in [9.17, 15) is 0 Å². The number of hydrogen-bond donors (Lipinski definition) is 1. The molecule has 1 heterocycles. The van der Waals surface area contributed by atoms with Crippen molar-refractivity contribution in [3.8, 4) is 6.01 Å². The largest absolute Gasteiger partial charge is 0.352 e. The van der Waals surface area contributed by atoms with E-state index in [-0.39, 0.29) is 6.01 Å². The Bertz CT molecular complexity index is 153. The predicted octanol–water partition coefficient (Wildman–Crippen LogP) is 0.328.